The Balaban J connectivity index is 2.23. The summed E-state index contributed by atoms with van der Waals surface area (Å²) in [7, 11) is 2.10. The van der Waals surface area contributed by atoms with Crippen LogP contribution in [0.15, 0.2) is 36.8 Å². The van der Waals surface area contributed by atoms with Crippen molar-refractivity contribution in [2.45, 2.75) is 18.4 Å². The molecule has 0 spiro atoms. The van der Waals surface area contributed by atoms with Gasteiger partial charge in [-0.05, 0) is 6.92 Å². The lowest BCUT2D eigenvalue weighted by molar-refractivity contribution is 0.521. The third-order valence-electron chi connectivity index (χ3n) is 3.58. The number of nitrogens with zero attached hydrogens (tertiary/aromatic N) is 3. The van der Waals surface area contributed by atoms with Crippen molar-refractivity contribution in [3.63, 3.8) is 0 Å². The lowest BCUT2D eigenvalue weighted by Gasteiger charge is -2.35. The Bertz CT molecular complexity index is 464. The van der Waals surface area contributed by atoms with Gasteiger partial charge in [-0.2, -0.15) is 0 Å². The molecule has 1 aliphatic heterocycles. The van der Waals surface area contributed by atoms with Crippen molar-refractivity contribution in [1.29, 1.82) is 0 Å². The fraction of sp³-hybridized carbons (Fsp3) is 0.333. The van der Waals surface area contributed by atoms with Crippen LogP contribution in [0.3, 0.4) is 0 Å². The van der Waals surface area contributed by atoms with E-state index < -0.39 is 0 Å². The molecule has 0 radical (unpaired) electrons. The average Bonchev–Trinajstić information content (AvgIpc) is 2.50. The first-order chi connectivity index (χ1) is 7.23. The fourth-order valence-corrected chi connectivity index (χ4v) is 2.50. The predicted octanol–water partition coefficient (Wildman–Crippen LogP) is 1.89. The van der Waals surface area contributed by atoms with Gasteiger partial charge in [0.1, 0.15) is 6.33 Å². The van der Waals surface area contributed by atoms with Crippen LogP contribution in [-0.4, -0.2) is 22.6 Å². The summed E-state index contributed by atoms with van der Waals surface area (Å²) in [5, 5.41) is 0. The quantitative estimate of drug-likeness (QED) is 0.639. The van der Waals surface area contributed by atoms with Gasteiger partial charge in [-0.1, -0.05) is 24.3 Å². The molecule has 3 nitrogen and oxygen atoms in total. The van der Waals surface area contributed by atoms with Crippen LogP contribution in [0.4, 0.5) is 5.69 Å². The summed E-state index contributed by atoms with van der Waals surface area (Å²) in [6.45, 7) is 2.24. The van der Waals surface area contributed by atoms with E-state index in [1.807, 2.05) is 6.20 Å². The molecule has 0 saturated carbocycles. The number of anilines is 1. The highest BCUT2D eigenvalue weighted by molar-refractivity contribution is 5.64. The molecule has 1 aromatic heterocycles. The zero-order valence-electron chi connectivity index (χ0n) is 8.88. The standard InChI is InChI=1S/C12H13N3/c1-12-6-4-3-5-9(12)11-10(15(12)2)7-13-8-14-11/h3-9H,1-2H3. The SMILES string of the molecule is CN1c2cncnc2C2C=CC=CC21C. The molecule has 0 aromatic carbocycles. The molecule has 15 heavy (non-hydrogen) atoms. The predicted molar refractivity (Wildman–Crippen MR) is 59.9 cm³/mol. The van der Waals surface area contributed by atoms with Gasteiger partial charge in [0.05, 0.1) is 23.1 Å². The molecule has 0 fully saturated rings. The Morgan fingerprint density at radius 1 is 1.40 bits per heavy atom. The zero-order chi connectivity index (χ0) is 10.5. The van der Waals surface area contributed by atoms with Crippen LogP contribution in [-0.2, 0) is 0 Å². The lowest BCUT2D eigenvalue weighted by atomic mass is 9.82. The number of aromatic nitrogens is 2. The minimum atomic E-state index is 0.0209. The second kappa shape index (κ2) is 2.69. The average molecular weight is 199 g/mol. The summed E-state index contributed by atoms with van der Waals surface area (Å²) >= 11 is 0. The van der Waals surface area contributed by atoms with Gasteiger partial charge in [-0.15, -0.1) is 0 Å². The number of allylic oxidation sites excluding steroid dienone is 2. The molecule has 0 amide bonds. The van der Waals surface area contributed by atoms with Crippen molar-refractivity contribution < 1.29 is 0 Å². The van der Waals surface area contributed by atoms with Crippen LogP contribution in [0.25, 0.3) is 0 Å². The van der Waals surface area contributed by atoms with E-state index in [4.69, 9.17) is 0 Å². The van der Waals surface area contributed by atoms with E-state index >= 15 is 0 Å². The van der Waals surface area contributed by atoms with Crippen LogP contribution in [0.1, 0.15) is 18.5 Å². The van der Waals surface area contributed by atoms with E-state index in [0.717, 1.165) is 11.4 Å². The molecule has 0 saturated heterocycles. The zero-order valence-corrected chi connectivity index (χ0v) is 8.88. The molecule has 2 heterocycles. The molecule has 3 rings (SSSR count). The number of fused-ring (bicyclic) bond motifs is 3. The lowest BCUT2D eigenvalue weighted by Crippen LogP contribution is -2.42. The van der Waals surface area contributed by atoms with Crippen molar-refractivity contribution in [2.24, 2.45) is 0 Å². The minimum Gasteiger partial charge on any atom is -0.362 e. The molecular formula is C12H13N3. The first-order valence-corrected chi connectivity index (χ1v) is 5.13. The van der Waals surface area contributed by atoms with Gasteiger partial charge >= 0.3 is 0 Å². The molecule has 76 valence electrons. The Kier molecular flexibility index (Phi) is 1.55. The summed E-state index contributed by atoms with van der Waals surface area (Å²) in [5.41, 5.74) is 2.30. The van der Waals surface area contributed by atoms with Crippen molar-refractivity contribution in [2.75, 3.05) is 11.9 Å². The van der Waals surface area contributed by atoms with Crippen LogP contribution in [0.2, 0.25) is 0 Å². The van der Waals surface area contributed by atoms with Crippen molar-refractivity contribution in [3.05, 3.63) is 42.5 Å². The fourth-order valence-electron chi connectivity index (χ4n) is 2.50. The van der Waals surface area contributed by atoms with Gasteiger partial charge < -0.3 is 4.90 Å². The first kappa shape index (κ1) is 8.65. The second-order valence-electron chi connectivity index (χ2n) is 4.30. The second-order valence-corrected chi connectivity index (χ2v) is 4.30. The third-order valence-corrected chi connectivity index (χ3v) is 3.58. The Hall–Kier alpha value is -1.64. The van der Waals surface area contributed by atoms with Gasteiger partial charge in [0.2, 0.25) is 0 Å². The number of likely N-dealkylation sites (N-methyl/N-ethyl adjacent to an activating group) is 1. The van der Waals surface area contributed by atoms with Crippen LogP contribution >= 0.6 is 0 Å². The Morgan fingerprint density at radius 3 is 3.13 bits per heavy atom. The molecule has 0 N–H and O–H groups in total. The van der Waals surface area contributed by atoms with E-state index in [-0.39, 0.29) is 5.54 Å². The number of hydrogen-bond donors (Lipinski definition) is 0. The molecular weight excluding hydrogens is 186 g/mol. The van der Waals surface area contributed by atoms with E-state index in [2.05, 4.69) is 53.1 Å². The van der Waals surface area contributed by atoms with Crippen LogP contribution in [0.5, 0.6) is 0 Å². The molecule has 1 aromatic rings. The third kappa shape index (κ3) is 0.950. The number of rotatable bonds is 0. The molecule has 0 bridgehead atoms. The summed E-state index contributed by atoms with van der Waals surface area (Å²) < 4.78 is 0. The monoisotopic (exact) mass is 199 g/mol. The first-order valence-electron chi connectivity index (χ1n) is 5.13. The molecule has 2 unspecified atom stereocenters. The van der Waals surface area contributed by atoms with Gasteiger partial charge in [0, 0.05) is 13.0 Å². The molecule has 2 aliphatic rings. The summed E-state index contributed by atoms with van der Waals surface area (Å²) in [6.07, 6.45) is 12.2. The van der Waals surface area contributed by atoms with E-state index in [1.54, 1.807) is 6.33 Å². The maximum absolute atomic E-state index is 4.40. The summed E-state index contributed by atoms with van der Waals surface area (Å²) in [5.74, 6) is 0.352. The van der Waals surface area contributed by atoms with Crippen LogP contribution in [0, 0.1) is 0 Å². The summed E-state index contributed by atoms with van der Waals surface area (Å²) in [6, 6.07) is 0. The molecule has 2 atom stereocenters. The highest BCUT2D eigenvalue weighted by Gasteiger charge is 2.45. The van der Waals surface area contributed by atoms with Gasteiger partial charge in [-0.3, -0.25) is 0 Å². The van der Waals surface area contributed by atoms with Gasteiger partial charge in [0.15, 0.2) is 0 Å². The van der Waals surface area contributed by atoms with Crippen LogP contribution < -0.4 is 4.90 Å². The summed E-state index contributed by atoms with van der Waals surface area (Å²) in [4.78, 5) is 10.8. The van der Waals surface area contributed by atoms with E-state index in [1.165, 1.54) is 0 Å². The minimum absolute atomic E-state index is 0.0209. The normalized spacial score (nSPS) is 31.6. The molecule has 1 aliphatic carbocycles. The topological polar surface area (TPSA) is 29.0 Å². The maximum Gasteiger partial charge on any atom is 0.115 e. The highest BCUT2D eigenvalue weighted by Crippen LogP contribution is 2.47. The largest absolute Gasteiger partial charge is 0.362 e. The van der Waals surface area contributed by atoms with Gasteiger partial charge in [0.25, 0.3) is 0 Å². The Labute approximate surface area is 89.2 Å². The Morgan fingerprint density at radius 2 is 2.27 bits per heavy atom. The van der Waals surface area contributed by atoms with Crippen molar-refractivity contribution in [3.8, 4) is 0 Å². The van der Waals surface area contributed by atoms with Crippen molar-refractivity contribution in [1.82, 2.24) is 9.97 Å². The number of hydrogen-bond acceptors (Lipinski definition) is 3. The van der Waals surface area contributed by atoms with Gasteiger partial charge in [-0.25, -0.2) is 9.97 Å². The van der Waals surface area contributed by atoms with Crippen molar-refractivity contribution >= 4 is 5.69 Å². The highest BCUT2D eigenvalue weighted by atomic mass is 15.2. The van der Waals surface area contributed by atoms with E-state index in [9.17, 15) is 0 Å². The smallest absolute Gasteiger partial charge is 0.115 e. The maximum atomic E-state index is 4.40. The van der Waals surface area contributed by atoms with E-state index in [0.29, 0.717) is 5.92 Å². The molecule has 3 heteroatoms.